The zero-order valence-electron chi connectivity index (χ0n) is 9.00. The zero-order chi connectivity index (χ0) is 9.80. The second-order valence-electron chi connectivity index (χ2n) is 4.56. The Morgan fingerprint density at radius 3 is 2.86 bits per heavy atom. The first kappa shape index (κ1) is 11.2. The second-order valence-corrected chi connectivity index (χ2v) is 7.11. The van der Waals surface area contributed by atoms with Crippen LogP contribution < -0.4 is 5.32 Å². The molecule has 1 N–H and O–H groups in total. The molecule has 1 saturated carbocycles. The van der Waals surface area contributed by atoms with Crippen LogP contribution in [0.4, 0.5) is 0 Å². The van der Waals surface area contributed by atoms with Crippen LogP contribution in [0, 0.1) is 5.92 Å². The van der Waals surface area contributed by atoms with Gasteiger partial charge < -0.3 is 5.32 Å². The molecule has 1 heterocycles. The Morgan fingerprint density at radius 2 is 2.21 bits per heavy atom. The first-order chi connectivity index (χ1) is 6.84. The highest BCUT2D eigenvalue weighted by atomic mass is 32.2. The molecule has 1 aliphatic carbocycles. The van der Waals surface area contributed by atoms with Crippen LogP contribution in [0.15, 0.2) is 0 Å². The Hall–Kier alpha value is 0.660. The highest BCUT2D eigenvalue weighted by molar-refractivity contribution is 8.06. The largest absolute Gasteiger partial charge is 0.313 e. The highest BCUT2D eigenvalue weighted by Crippen LogP contribution is 2.33. The molecular weight excluding hydrogens is 210 g/mol. The minimum absolute atomic E-state index is 0.745. The molecule has 2 unspecified atom stereocenters. The molecule has 0 aromatic rings. The van der Waals surface area contributed by atoms with Gasteiger partial charge in [-0.05, 0) is 19.3 Å². The van der Waals surface area contributed by atoms with Crippen molar-refractivity contribution in [1.82, 2.24) is 5.32 Å². The lowest BCUT2D eigenvalue weighted by Gasteiger charge is -2.23. The summed E-state index contributed by atoms with van der Waals surface area (Å²) in [7, 11) is 0. The molecule has 3 heteroatoms. The average molecular weight is 231 g/mol. The molecule has 1 nitrogen and oxygen atoms in total. The van der Waals surface area contributed by atoms with Gasteiger partial charge in [0.05, 0.1) is 0 Å². The second kappa shape index (κ2) is 5.66. The molecular formula is C11H21NS2. The molecule has 0 radical (unpaired) electrons. The van der Waals surface area contributed by atoms with Gasteiger partial charge in [-0.15, -0.1) is 0 Å². The lowest BCUT2D eigenvalue weighted by molar-refractivity contribution is 0.491. The summed E-state index contributed by atoms with van der Waals surface area (Å²) in [6, 6.07) is 0.745. The molecule has 1 aliphatic heterocycles. The normalized spacial score (nSPS) is 30.2. The summed E-state index contributed by atoms with van der Waals surface area (Å²) in [5.74, 6) is 5.13. The Morgan fingerprint density at radius 1 is 1.36 bits per heavy atom. The van der Waals surface area contributed by atoms with Gasteiger partial charge in [0, 0.05) is 35.1 Å². The van der Waals surface area contributed by atoms with Crippen molar-refractivity contribution in [2.75, 3.05) is 23.8 Å². The molecule has 82 valence electrons. The van der Waals surface area contributed by atoms with Crippen LogP contribution >= 0.6 is 23.5 Å². The van der Waals surface area contributed by atoms with E-state index in [2.05, 4.69) is 35.8 Å². The van der Waals surface area contributed by atoms with Gasteiger partial charge in [0.25, 0.3) is 0 Å². The van der Waals surface area contributed by atoms with E-state index >= 15 is 0 Å². The number of rotatable bonds is 5. The number of thioether (sulfide) groups is 2. The van der Waals surface area contributed by atoms with Gasteiger partial charge >= 0.3 is 0 Å². The van der Waals surface area contributed by atoms with Crippen LogP contribution in [-0.2, 0) is 0 Å². The van der Waals surface area contributed by atoms with E-state index in [0.29, 0.717) is 0 Å². The van der Waals surface area contributed by atoms with Gasteiger partial charge in [0.1, 0.15) is 0 Å². The summed E-state index contributed by atoms with van der Waals surface area (Å²) < 4.78 is 0. The van der Waals surface area contributed by atoms with Crippen molar-refractivity contribution < 1.29 is 0 Å². The molecule has 0 amide bonds. The van der Waals surface area contributed by atoms with Gasteiger partial charge in [-0.3, -0.25) is 0 Å². The van der Waals surface area contributed by atoms with E-state index in [1.807, 2.05) is 0 Å². The van der Waals surface area contributed by atoms with Crippen LogP contribution in [0.5, 0.6) is 0 Å². The lowest BCUT2D eigenvalue weighted by atomic mass is 10.1. The molecule has 2 rings (SSSR count). The Balaban J connectivity index is 1.55. The molecule has 1 saturated heterocycles. The topological polar surface area (TPSA) is 12.0 Å². The summed E-state index contributed by atoms with van der Waals surface area (Å²) in [6.07, 6.45) is 4.38. The van der Waals surface area contributed by atoms with Crippen molar-refractivity contribution in [3.63, 3.8) is 0 Å². The Bertz CT molecular complexity index is 165. The minimum atomic E-state index is 0.745. The van der Waals surface area contributed by atoms with E-state index in [1.54, 1.807) is 0 Å². The number of nitrogens with one attached hydrogen (secondary N) is 1. The van der Waals surface area contributed by atoms with Crippen LogP contribution in [0.3, 0.4) is 0 Å². The van der Waals surface area contributed by atoms with E-state index < -0.39 is 0 Å². The molecule has 0 bridgehead atoms. The molecule has 2 fully saturated rings. The van der Waals surface area contributed by atoms with Gasteiger partial charge in [-0.1, -0.05) is 12.8 Å². The van der Waals surface area contributed by atoms with E-state index in [4.69, 9.17) is 0 Å². The van der Waals surface area contributed by atoms with Crippen molar-refractivity contribution >= 4 is 23.5 Å². The van der Waals surface area contributed by atoms with Crippen molar-refractivity contribution in [2.45, 2.75) is 37.5 Å². The van der Waals surface area contributed by atoms with E-state index in [-0.39, 0.29) is 0 Å². The van der Waals surface area contributed by atoms with Crippen LogP contribution in [0.2, 0.25) is 0 Å². The van der Waals surface area contributed by atoms with Crippen LogP contribution in [0.1, 0.15) is 26.2 Å². The average Bonchev–Trinajstić information content (AvgIpc) is 3.00. The number of hydrogen-bond acceptors (Lipinski definition) is 3. The van der Waals surface area contributed by atoms with Crippen molar-refractivity contribution in [1.29, 1.82) is 0 Å². The first-order valence-corrected chi connectivity index (χ1v) is 7.97. The van der Waals surface area contributed by atoms with Gasteiger partial charge in [-0.25, -0.2) is 0 Å². The third-order valence-corrected chi connectivity index (χ3v) is 5.81. The highest BCUT2D eigenvalue weighted by Gasteiger charge is 2.23. The Kier molecular flexibility index (Phi) is 4.51. The lowest BCUT2D eigenvalue weighted by Crippen LogP contribution is -2.35. The monoisotopic (exact) mass is 231 g/mol. The summed E-state index contributed by atoms with van der Waals surface area (Å²) >= 11 is 4.28. The fourth-order valence-corrected chi connectivity index (χ4v) is 4.55. The Labute approximate surface area is 96.2 Å². The van der Waals surface area contributed by atoms with Gasteiger partial charge in [0.2, 0.25) is 0 Å². The molecule has 2 aliphatic rings. The van der Waals surface area contributed by atoms with Crippen molar-refractivity contribution in [3.8, 4) is 0 Å². The quantitative estimate of drug-likeness (QED) is 0.781. The van der Waals surface area contributed by atoms with Crippen LogP contribution in [-0.4, -0.2) is 35.1 Å². The summed E-state index contributed by atoms with van der Waals surface area (Å²) in [5.41, 5.74) is 0. The van der Waals surface area contributed by atoms with E-state index in [9.17, 15) is 0 Å². The van der Waals surface area contributed by atoms with E-state index in [1.165, 1.54) is 43.1 Å². The zero-order valence-corrected chi connectivity index (χ0v) is 10.6. The van der Waals surface area contributed by atoms with Gasteiger partial charge in [0.15, 0.2) is 0 Å². The summed E-state index contributed by atoms with van der Waals surface area (Å²) in [5, 5.41) is 4.56. The maximum atomic E-state index is 3.69. The molecule has 2 atom stereocenters. The fourth-order valence-electron chi connectivity index (χ4n) is 1.92. The molecule has 0 aromatic heterocycles. The van der Waals surface area contributed by atoms with Crippen molar-refractivity contribution in [2.24, 2.45) is 5.92 Å². The predicted molar refractivity (Wildman–Crippen MR) is 68.4 cm³/mol. The third-order valence-electron chi connectivity index (χ3n) is 2.96. The molecule has 0 aromatic carbocycles. The van der Waals surface area contributed by atoms with Gasteiger partial charge in [-0.2, -0.15) is 23.5 Å². The van der Waals surface area contributed by atoms with Crippen LogP contribution in [0.25, 0.3) is 0 Å². The third kappa shape index (κ3) is 4.03. The summed E-state index contributed by atoms with van der Waals surface area (Å²) in [4.78, 5) is 0. The first-order valence-electron chi connectivity index (χ1n) is 5.77. The summed E-state index contributed by atoms with van der Waals surface area (Å²) in [6.45, 7) is 3.57. The minimum Gasteiger partial charge on any atom is -0.313 e. The van der Waals surface area contributed by atoms with E-state index in [0.717, 1.165) is 17.2 Å². The molecule has 14 heavy (non-hydrogen) atoms. The smallest absolute Gasteiger partial charge is 0.0263 e. The fraction of sp³-hybridized carbons (Fsp3) is 1.00. The SMILES string of the molecule is CC(CC1CC1)NCC1CSCCS1. The predicted octanol–water partition coefficient (Wildman–Crippen LogP) is 2.61. The maximum Gasteiger partial charge on any atom is 0.0263 e. The van der Waals surface area contributed by atoms with Crippen molar-refractivity contribution in [3.05, 3.63) is 0 Å². The molecule has 0 spiro atoms. The maximum absolute atomic E-state index is 3.69. The number of hydrogen-bond donors (Lipinski definition) is 1. The standard InChI is InChI=1S/C11H21NS2/c1-9(6-10-2-3-10)12-7-11-8-13-4-5-14-11/h9-12H,2-8H2,1H3.